The summed E-state index contributed by atoms with van der Waals surface area (Å²) in [4.78, 5) is 11.3. The van der Waals surface area contributed by atoms with Crippen LogP contribution in [0.3, 0.4) is 0 Å². The van der Waals surface area contributed by atoms with Crippen molar-refractivity contribution in [2.45, 2.75) is 18.8 Å². The molecular formula is C12H8ClF5O. The summed E-state index contributed by atoms with van der Waals surface area (Å²) in [6.45, 7) is 4.23. The zero-order valence-electron chi connectivity index (χ0n) is 9.67. The first-order chi connectivity index (χ1) is 8.68. The van der Waals surface area contributed by atoms with E-state index in [0.29, 0.717) is 0 Å². The number of hydrogen-bond acceptors (Lipinski definition) is 1. The number of rotatable bonds is 4. The molecule has 0 aliphatic heterocycles. The zero-order valence-corrected chi connectivity index (χ0v) is 10.4. The maximum Gasteiger partial charge on any atom is 0.232 e. The number of allylic oxidation sites excluding steroid dienone is 1. The molecule has 1 atom stereocenters. The van der Waals surface area contributed by atoms with Gasteiger partial charge >= 0.3 is 0 Å². The number of benzene rings is 1. The Labute approximate surface area is 110 Å². The second-order valence-electron chi connectivity index (χ2n) is 4.04. The molecule has 0 amide bonds. The lowest BCUT2D eigenvalue weighted by Gasteiger charge is -2.25. The smallest absolute Gasteiger partial charge is 0.232 e. The summed E-state index contributed by atoms with van der Waals surface area (Å²) in [5.41, 5.74) is -3.35. The molecule has 0 saturated carbocycles. The quantitative estimate of drug-likeness (QED) is 0.270. The van der Waals surface area contributed by atoms with E-state index in [1.54, 1.807) is 0 Å². The average Bonchev–Trinajstić information content (AvgIpc) is 2.34. The molecule has 1 rings (SSSR count). The van der Waals surface area contributed by atoms with Gasteiger partial charge in [0.05, 0.1) is 5.41 Å². The zero-order chi connectivity index (χ0) is 15.0. The van der Waals surface area contributed by atoms with Crippen molar-refractivity contribution in [3.8, 4) is 0 Å². The Kier molecular flexibility index (Phi) is 4.35. The minimum Gasteiger partial charge on any atom is -0.280 e. The second kappa shape index (κ2) is 5.28. The highest BCUT2D eigenvalue weighted by molar-refractivity contribution is 6.65. The van der Waals surface area contributed by atoms with Crippen LogP contribution in [0.15, 0.2) is 12.7 Å². The molecule has 19 heavy (non-hydrogen) atoms. The fraction of sp³-hybridized carbons (Fsp3) is 0.250. The van der Waals surface area contributed by atoms with Crippen molar-refractivity contribution in [1.29, 1.82) is 0 Å². The van der Waals surface area contributed by atoms with Gasteiger partial charge in [-0.15, -0.1) is 6.58 Å². The Bertz CT molecular complexity index is 529. The lowest BCUT2D eigenvalue weighted by molar-refractivity contribution is -0.116. The summed E-state index contributed by atoms with van der Waals surface area (Å²) in [6, 6.07) is 0. The number of carbonyl (C=O) groups is 1. The Balaban J connectivity index is 3.75. The first kappa shape index (κ1) is 15.6. The van der Waals surface area contributed by atoms with Crippen molar-refractivity contribution in [3.63, 3.8) is 0 Å². The maximum absolute atomic E-state index is 13.6. The van der Waals surface area contributed by atoms with E-state index in [0.717, 1.165) is 13.0 Å². The first-order valence-electron chi connectivity index (χ1n) is 5.01. The van der Waals surface area contributed by atoms with Crippen LogP contribution in [-0.2, 0) is 10.2 Å². The van der Waals surface area contributed by atoms with Crippen LogP contribution >= 0.6 is 11.6 Å². The predicted octanol–water partition coefficient (Wildman–Crippen LogP) is 3.98. The van der Waals surface area contributed by atoms with E-state index >= 15 is 0 Å². The lowest BCUT2D eigenvalue weighted by atomic mass is 9.79. The maximum atomic E-state index is 13.6. The highest BCUT2D eigenvalue weighted by Gasteiger charge is 2.41. The van der Waals surface area contributed by atoms with E-state index in [1.807, 2.05) is 0 Å². The third-order valence-corrected chi connectivity index (χ3v) is 3.17. The molecule has 1 nitrogen and oxygen atoms in total. The van der Waals surface area contributed by atoms with Crippen LogP contribution in [0.25, 0.3) is 0 Å². The van der Waals surface area contributed by atoms with Crippen LogP contribution in [0.4, 0.5) is 22.0 Å². The van der Waals surface area contributed by atoms with Gasteiger partial charge < -0.3 is 0 Å². The van der Waals surface area contributed by atoms with Gasteiger partial charge in [-0.05, 0) is 24.9 Å². The van der Waals surface area contributed by atoms with Gasteiger partial charge in [0.1, 0.15) is 0 Å². The fourth-order valence-electron chi connectivity index (χ4n) is 1.66. The SMILES string of the molecule is C=CCC(C)(C(=O)Cl)c1c(F)c(F)c(F)c(F)c1F. The molecule has 0 heterocycles. The van der Waals surface area contributed by atoms with Crippen molar-refractivity contribution in [1.82, 2.24) is 0 Å². The third-order valence-electron chi connectivity index (χ3n) is 2.75. The molecule has 0 spiro atoms. The van der Waals surface area contributed by atoms with Gasteiger partial charge in [-0.2, -0.15) is 0 Å². The van der Waals surface area contributed by atoms with E-state index in [2.05, 4.69) is 6.58 Å². The van der Waals surface area contributed by atoms with Crippen LogP contribution in [0.1, 0.15) is 18.9 Å². The van der Waals surface area contributed by atoms with Gasteiger partial charge in [-0.3, -0.25) is 4.79 Å². The summed E-state index contributed by atoms with van der Waals surface area (Å²) >= 11 is 5.23. The highest BCUT2D eigenvalue weighted by atomic mass is 35.5. The van der Waals surface area contributed by atoms with Gasteiger partial charge in [-0.1, -0.05) is 6.08 Å². The van der Waals surface area contributed by atoms with Gasteiger partial charge in [0.2, 0.25) is 11.1 Å². The average molecular weight is 299 g/mol. The van der Waals surface area contributed by atoms with Gasteiger partial charge in [0.25, 0.3) is 0 Å². The van der Waals surface area contributed by atoms with Gasteiger partial charge in [-0.25, -0.2) is 22.0 Å². The molecule has 0 N–H and O–H groups in total. The molecule has 1 unspecified atom stereocenters. The minimum absolute atomic E-state index is 0.381. The lowest BCUT2D eigenvalue weighted by Crippen LogP contribution is -2.32. The summed E-state index contributed by atoms with van der Waals surface area (Å²) < 4.78 is 66.3. The minimum atomic E-state index is -2.29. The van der Waals surface area contributed by atoms with Crippen LogP contribution in [0.5, 0.6) is 0 Å². The molecular weight excluding hydrogens is 291 g/mol. The largest absolute Gasteiger partial charge is 0.280 e. The molecule has 0 aliphatic rings. The van der Waals surface area contributed by atoms with Crippen LogP contribution in [-0.4, -0.2) is 5.24 Å². The standard InChI is InChI=1S/C12H8ClF5O/c1-3-4-12(2,11(13)19)5-6(14)8(16)10(18)9(17)7(5)15/h3H,1,4H2,2H3. The topological polar surface area (TPSA) is 17.1 Å². The van der Waals surface area contributed by atoms with Crippen molar-refractivity contribution in [2.24, 2.45) is 0 Å². The highest BCUT2D eigenvalue weighted by Crippen LogP contribution is 2.37. The number of hydrogen-bond donors (Lipinski definition) is 0. The number of halogens is 6. The molecule has 1 aromatic carbocycles. The van der Waals surface area contributed by atoms with Crippen molar-refractivity contribution < 1.29 is 26.7 Å². The van der Waals surface area contributed by atoms with E-state index in [-0.39, 0.29) is 6.42 Å². The summed E-state index contributed by atoms with van der Waals surface area (Å²) in [7, 11) is 0. The third kappa shape index (κ3) is 2.36. The molecule has 0 bridgehead atoms. The van der Waals surface area contributed by atoms with E-state index < -0.39 is 45.3 Å². The molecule has 7 heteroatoms. The predicted molar refractivity (Wildman–Crippen MR) is 59.3 cm³/mol. The molecule has 1 aromatic rings. The first-order valence-corrected chi connectivity index (χ1v) is 5.39. The second-order valence-corrected chi connectivity index (χ2v) is 4.39. The summed E-state index contributed by atoms with van der Waals surface area (Å²) in [5, 5.41) is -1.25. The Hall–Kier alpha value is -1.43. The number of carbonyl (C=O) groups excluding carboxylic acids is 1. The Morgan fingerprint density at radius 3 is 1.79 bits per heavy atom. The molecule has 0 radical (unpaired) electrons. The van der Waals surface area contributed by atoms with E-state index in [9.17, 15) is 26.7 Å². The van der Waals surface area contributed by atoms with Crippen molar-refractivity contribution >= 4 is 16.8 Å². The van der Waals surface area contributed by atoms with Crippen molar-refractivity contribution in [2.75, 3.05) is 0 Å². The van der Waals surface area contributed by atoms with Crippen LogP contribution in [0, 0.1) is 29.1 Å². The van der Waals surface area contributed by atoms with Crippen LogP contribution < -0.4 is 0 Å². The molecule has 104 valence electrons. The molecule has 0 saturated heterocycles. The summed E-state index contributed by atoms with van der Waals surface area (Å²) in [5.74, 6) is -10.7. The molecule has 0 aromatic heterocycles. The Morgan fingerprint density at radius 2 is 1.47 bits per heavy atom. The van der Waals surface area contributed by atoms with E-state index in [4.69, 9.17) is 11.6 Å². The van der Waals surface area contributed by atoms with Gasteiger partial charge in [0.15, 0.2) is 23.3 Å². The van der Waals surface area contributed by atoms with Gasteiger partial charge in [0, 0.05) is 5.56 Å². The molecule has 0 aliphatic carbocycles. The normalized spacial score (nSPS) is 14.1. The molecule has 0 fully saturated rings. The monoisotopic (exact) mass is 298 g/mol. The van der Waals surface area contributed by atoms with Crippen molar-refractivity contribution in [3.05, 3.63) is 47.3 Å². The van der Waals surface area contributed by atoms with E-state index in [1.165, 1.54) is 0 Å². The summed E-state index contributed by atoms with van der Waals surface area (Å²) in [6.07, 6.45) is 0.714. The Morgan fingerprint density at radius 1 is 1.11 bits per heavy atom. The van der Waals surface area contributed by atoms with Crippen LogP contribution in [0.2, 0.25) is 0 Å². The fourth-order valence-corrected chi connectivity index (χ4v) is 1.83.